The van der Waals surface area contributed by atoms with Gasteiger partial charge in [-0.15, -0.1) is 0 Å². The molecule has 0 spiro atoms. The van der Waals surface area contributed by atoms with Gasteiger partial charge in [-0.25, -0.2) is 4.39 Å². The van der Waals surface area contributed by atoms with E-state index in [0.717, 1.165) is 17.6 Å². The van der Waals surface area contributed by atoms with Crippen LogP contribution in [0.4, 0.5) is 4.39 Å². The summed E-state index contributed by atoms with van der Waals surface area (Å²) in [5, 5.41) is 3.15. The van der Waals surface area contributed by atoms with Gasteiger partial charge in [-0.3, -0.25) is 0 Å². The van der Waals surface area contributed by atoms with Crippen molar-refractivity contribution >= 4 is 15.9 Å². The van der Waals surface area contributed by atoms with E-state index in [2.05, 4.69) is 21.2 Å². The first-order valence-electron chi connectivity index (χ1n) is 6.31. The first kappa shape index (κ1) is 13.4. The molecule has 1 N–H and O–H groups in total. The molecule has 0 unspecified atom stereocenters. The molecular weight excluding hydrogens is 325 g/mol. The Labute approximate surface area is 124 Å². The third kappa shape index (κ3) is 3.11. The fourth-order valence-electron chi connectivity index (χ4n) is 1.81. The van der Waals surface area contributed by atoms with Crippen LogP contribution in [0.5, 0.6) is 17.2 Å². The number of hydrogen-bond donors (Lipinski definition) is 1. The first-order chi connectivity index (χ1) is 9.70. The zero-order chi connectivity index (χ0) is 13.9. The SMILES string of the molecule is Fc1ccc(Oc2ccc(Br)cc2OC2CNC2)cc1. The fraction of sp³-hybridized carbons (Fsp3) is 0.200. The maximum atomic E-state index is 12.9. The van der Waals surface area contributed by atoms with Gasteiger partial charge in [0.05, 0.1) is 0 Å². The van der Waals surface area contributed by atoms with Crippen LogP contribution in [0.2, 0.25) is 0 Å². The lowest BCUT2D eigenvalue weighted by atomic mass is 10.2. The molecule has 3 rings (SSSR count). The van der Waals surface area contributed by atoms with Crippen molar-refractivity contribution in [3.05, 3.63) is 52.8 Å². The molecule has 0 aromatic heterocycles. The molecule has 2 aromatic rings. The monoisotopic (exact) mass is 337 g/mol. The van der Waals surface area contributed by atoms with Gasteiger partial charge in [0.2, 0.25) is 0 Å². The predicted octanol–water partition coefficient (Wildman–Crippen LogP) is 3.73. The molecule has 0 aliphatic carbocycles. The highest BCUT2D eigenvalue weighted by atomic mass is 79.9. The molecule has 3 nitrogen and oxygen atoms in total. The maximum Gasteiger partial charge on any atom is 0.169 e. The Hall–Kier alpha value is -1.59. The van der Waals surface area contributed by atoms with E-state index in [4.69, 9.17) is 9.47 Å². The lowest BCUT2D eigenvalue weighted by Gasteiger charge is -2.28. The summed E-state index contributed by atoms with van der Waals surface area (Å²) in [7, 11) is 0. The highest BCUT2D eigenvalue weighted by molar-refractivity contribution is 9.10. The van der Waals surface area contributed by atoms with Crippen LogP contribution >= 0.6 is 15.9 Å². The van der Waals surface area contributed by atoms with Gasteiger partial charge < -0.3 is 14.8 Å². The molecule has 0 amide bonds. The van der Waals surface area contributed by atoms with Gasteiger partial charge in [-0.05, 0) is 42.5 Å². The molecule has 1 aliphatic heterocycles. The third-order valence-electron chi connectivity index (χ3n) is 2.98. The van der Waals surface area contributed by atoms with E-state index in [1.807, 2.05) is 18.2 Å². The number of rotatable bonds is 4. The molecular formula is C15H13BrFNO2. The van der Waals surface area contributed by atoms with Gasteiger partial charge in [-0.2, -0.15) is 0 Å². The number of nitrogens with one attached hydrogen (secondary N) is 1. The summed E-state index contributed by atoms with van der Waals surface area (Å²) in [5.41, 5.74) is 0. The molecule has 104 valence electrons. The van der Waals surface area contributed by atoms with Crippen LogP contribution in [0, 0.1) is 5.82 Å². The molecule has 1 saturated heterocycles. The van der Waals surface area contributed by atoms with Crippen molar-refractivity contribution in [1.82, 2.24) is 5.32 Å². The molecule has 2 aromatic carbocycles. The van der Waals surface area contributed by atoms with Gasteiger partial charge in [-0.1, -0.05) is 15.9 Å². The number of benzene rings is 2. The first-order valence-corrected chi connectivity index (χ1v) is 7.10. The van der Waals surface area contributed by atoms with Crippen LogP contribution in [-0.4, -0.2) is 19.2 Å². The van der Waals surface area contributed by atoms with Crippen molar-refractivity contribution in [2.24, 2.45) is 0 Å². The second kappa shape index (κ2) is 5.81. The molecule has 1 heterocycles. The number of hydrogen-bond acceptors (Lipinski definition) is 3. The van der Waals surface area contributed by atoms with Crippen LogP contribution in [0.3, 0.4) is 0 Å². The lowest BCUT2D eigenvalue weighted by molar-refractivity contribution is 0.138. The largest absolute Gasteiger partial charge is 0.484 e. The van der Waals surface area contributed by atoms with Crippen LogP contribution in [0.15, 0.2) is 46.9 Å². The van der Waals surface area contributed by atoms with Crippen LogP contribution in [0.1, 0.15) is 0 Å². The highest BCUT2D eigenvalue weighted by Gasteiger charge is 2.20. The van der Waals surface area contributed by atoms with Crippen molar-refractivity contribution in [1.29, 1.82) is 0 Å². The summed E-state index contributed by atoms with van der Waals surface area (Å²) in [5.74, 6) is 1.58. The lowest BCUT2D eigenvalue weighted by Crippen LogP contribution is -2.50. The van der Waals surface area contributed by atoms with Gasteiger partial charge in [0.15, 0.2) is 11.5 Å². The summed E-state index contributed by atoms with van der Waals surface area (Å²) < 4.78 is 25.4. The van der Waals surface area contributed by atoms with Crippen molar-refractivity contribution in [2.75, 3.05) is 13.1 Å². The summed E-state index contributed by atoms with van der Waals surface area (Å²) >= 11 is 3.42. The second-order valence-electron chi connectivity index (χ2n) is 4.55. The Morgan fingerprint density at radius 1 is 1.05 bits per heavy atom. The van der Waals surface area contributed by atoms with E-state index in [-0.39, 0.29) is 11.9 Å². The summed E-state index contributed by atoms with van der Waals surface area (Å²) in [4.78, 5) is 0. The predicted molar refractivity (Wildman–Crippen MR) is 77.9 cm³/mol. The summed E-state index contributed by atoms with van der Waals surface area (Å²) in [6.45, 7) is 1.67. The second-order valence-corrected chi connectivity index (χ2v) is 5.46. The van der Waals surface area contributed by atoms with E-state index in [1.54, 1.807) is 12.1 Å². The maximum absolute atomic E-state index is 12.9. The normalized spacial score (nSPS) is 14.7. The van der Waals surface area contributed by atoms with Crippen molar-refractivity contribution in [3.63, 3.8) is 0 Å². The average molecular weight is 338 g/mol. The minimum atomic E-state index is -0.287. The van der Waals surface area contributed by atoms with Crippen molar-refractivity contribution in [3.8, 4) is 17.2 Å². The molecule has 20 heavy (non-hydrogen) atoms. The Morgan fingerprint density at radius 2 is 1.80 bits per heavy atom. The highest BCUT2D eigenvalue weighted by Crippen LogP contribution is 2.35. The zero-order valence-electron chi connectivity index (χ0n) is 10.6. The molecule has 0 atom stereocenters. The van der Waals surface area contributed by atoms with E-state index < -0.39 is 0 Å². The zero-order valence-corrected chi connectivity index (χ0v) is 12.2. The van der Waals surface area contributed by atoms with Crippen LogP contribution < -0.4 is 14.8 Å². The van der Waals surface area contributed by atoms with Crippen molar-refractivity contribution in [2.45, 2.75) is 6.10 Å². The topological polar surface area (TPSA) is 30.5 Å². The van der Waals surface area contributed by atoms with Gasteiger partial charge >= 0.3 is 0 Å². The molecule has 1 fully saturated rings. The molecule has 1 aliphatic rings. The van der Waals surface area contributed by atoms with Gasteiger partial charge in [0, 0.05) is 17.6 Å². The Balaban J connectivity index is 1.81. The quantitative estimate of drug-likeness (QED) is 0.922. The summed E-state index contributed by atoms with van der Waals surface area (Å²) in [6.07, 6.45) is 0.167. The minimum Gasteiger partial charge on any atom is -0.484 e. The Kier molecular flexibility index (Phi) is 3.89. The van der Waals surface area contributed by atoms with E-state index in [0.29, 0.717) is 17.2 Å². The molecule has 0 bridgehead atoms. The van der Waals surface area contributed by atoms with Gasteiger partial charge in [0.1, 0.15) is 17.7 Å². The van der Waals surface area contributed by atoms with Crippen LogP contribution in [-0.2, 0) is 0 Å². The Morgan fingerprint density at radius 3 is 2.45 bits per heavy atom. The molecule has 0 radical (unpaired) electrons. The minimum absolute atomic E-state index is 0.167. The van der Waals surface area contributed by atoms with E-state index in [1.165, 1.54) is 12.1 Å². The van der Waals surface area contributed by atoms with Crippen molar-refractivity contribution < 1.29 is 13.9 Å². The number of halogens is 2. The average Bonchev–Trinajstić information content (AvgIpc) is 2.39. The Bertz CT molecular complexity index is 599. The summed E-state index contributed by atoms with van der Waals surface area (Å²) in [6, 6.07) is 11.5. The van der Waals surface area contributed by atoms with Crippen LogP contribution in [0.25, 0.3) is 0 Å². The smallest absolute Gasteiger partial charge is 0.169 e. The molecule has 0 saturated carbocycles. The standard InChI is InChI=1S/C15H13BrFNO2/c16-10-1-6-14(15(7-10)20-13-8-18-9-13)19-12-4-2-11(17)3-5-12/h1-7,13,18H,8-9H2. The van der Waals surface area contributed by atoms with Gasteiger partial charge in [0.25, 0.3) is 0 Å². The van der Waals surface area contributed by atoms with E-state index >= 15 is 0 Å². The third-order valence-corrected chi connectivity index (χ3v) is 3.48. The number of ether oxygens (including phenoxy) is 2. The fourth-order valence-corrected chi connectivity index (χ4v) is 2.15. The molecule has 5 heteroatoms. The van der Waals surface area contributed by atoms with E-state index in [9.17, 15) is 4.39 Å².